The van der Waals surface area contributed by atoms with Gasteiger partial charge in [0.2, 0.25) is 5.88 Å². The van der Waals surface area contributed by atoms with Crippen LogP contribution < -0.4 is 4.74 Å². The van der Waals surface area contributed by atoms with Crippen molar-refractivity contribution in [3.05, 3.63) is 50.0 Å². The van der Waals surface area contributed by atoms with E-state index >= 15 is 0 Å². The number of halogens is 3. The molecule has 1 heterocycles. The van der Waals surface area contributed by atoms with Gasteiger partial charge in [0.1, 0.15) is 10.8 Å². The van der Waals surface area contributed by atoms with Gasteiger partial charge in [-0.3, -0.25) is 0 Å². The first-order chi connectivity index (χ1) is 8.06. The standard InChI is InChI=1S/C12H8Br2ClNO/c1-7-4-8(13)2-3-11(7)17-12-10(15)5-9(14)6-16-12/h2-6H,1H3. The third-order valence-corrected chi connectivity index (χ3v) is 3.32. The Morgan fingerprint density at radius 3 is 2.59 bits per heavy atom. The number of aryl methyl sites for hydroxylation is 1. The molecule has 0 aliphatic heterocycles. The Bertz CT molecular complexity index is 511. The zero-order valence-electron chi connectivity index (χ0n) is 8.88. The van der Waals surface area contributed by atoms with Gasteiger partial charge in [-0.25, -0.2) is 4.98 Å². The minimum absolute atomic E-state index is 0.403. The topological polar surface area (TPSA) is 22.1 Å². The summed E-state index contributed by atoms with van der Waals surface area (Å²) < 4.78 is 7.50. The summed E-state index contributed by atoms with van der Waals surface area (Å²) in [5.41, 5.74) is 1.01. The Hall–Kier alpha value is -0.580. The summed E-state index contributed by atoms with van der Waals surface area (Å²) in [6.45, 7) is 1.97. The molecule has 1 aromatic carbocycles. The van der Waals surface area contributed by atoms with Gasteiger partial charge in [0.25, 0.3) is 0 Å². The number of hydrogen-bond acceptors (Lipinski definition) is 2. The fourth-order valence-corrected chi connectivity index (χ4v) is 2.45. The van der Waals surface area contributed by atoms with Crippen LogP contribution in [-0.2, 0) is 0 Å². The first-order valence-electron chi connectivity index (χ1n) is 4.81. The zero-order valence-corrected chi connectivity index (χ0v) is 12.8. The molecular formula is C12H8Br2ClNO. The van der Waals surface area contributed by atoms with Gasteiger partial charge in [-0.05, 0) is 52.7 Å². The molecule has 5 heteroatoms. The summed E-state index contributed by atoms with van der Waals surface area (Å²) in [4.78, 5) is 4.12. The van der Waals surface area contributed by atoms with Crippen LogP contribution in [0.3, 0.4) is 0 Å². The molecule has 2 aromatic rings. The van der Waals surface area contributed by atoms with Crippen LogP contribution in [0.4, 0.5) is 0 Å². The molecule has 0 unspecified atom stereocenters. The number of benzene rings is 1. The van der Waals surface area contributed by atoms with E-state index < -0.39 is 0 Å². The van der Waals surface area contributed by atoms with Crippen molar-refractivity contribution in [2.45, 2.75) is 6.92 Å². The van der Waals surface area contributed by atoms with Crippen molar-refractivity contribution in [3.8, 4) is 11.6 Å². The normalized spacial score (nSPS) is 10.4. The van der Waals surface area contributed by atoms with Crippen LogP contribution in [0.1, 0.15) is 5.56 Å². The Labute approximate surface area is 121 Å². The Kier molecular flexibility index (Phi) is 4.07. The van der Waals surface area contributed by atoms with Crippen LogP contribution in [-0.4, -0.2) is 4.98 Å². The van der Waals surface area contributed by atoms with Gasteiger partial charge in [0, 0.05) is 15.1 Å². The molecule has 2 nitrogen and oxygen atoms in total. The molecule has 88 valence electrons. The molecule has 0 N–H and O–H groups in total. The predicted octanol–water partition coefficient (Wildman–Crippen LogP) is 5.36. The van der Waals surface area contributed by atoms with Crippen LogP contribution >= 0.6 is 43.5 Å². The van der Waals surface area contributed by atoms with E-state index in [4.69, 9.17) is 16.3 Å². The predicted molar refractivity (Wildman–Crippen MR) is 75.9 cm³/mol. The van der Waals surface area contributed by atoms with E-state index in [0.717, 1.165) is 20.3 Å². The molecular weight excluding hydrogens is 369 g/mol. The van der Waals surface area contributed by atoms with E-state index in [2.05, 4.69) is 36.8 Å². The van der Waals surface area contributed by atoms with Crippen molar-refractivity contribution < 1.29 is 4.74 Å². The molecule has 0 spiro atoms. The maximum Gasteiger partial charge on any atom is 0.238 e. The summed E-state index contributed by atoms with van der Waals surface area (Å²) in [5.74, 6) is 1.14. The molecule has 2 rings (SSSR count). The summed E-state index contributed by atoms with van der Waals surface area (Å²) in [6.07, 6.45) is 1.65. The van der Waals surface area contributed by atoms with E-state index in [1.165, 1.54) is 0 Å². The maximum atomic E-state index is 6.04. The highest BCUT2D eigenvalue weighted by Gasteiger charge is 2.07. The van der Waals surface area contributed by atoms with Gasteiger partial charge in [0.15, 0.2) is 0 Å². The minimum atomic E-state index is 0.403. The van der Waals surface area contributed by atoms with Gasteiger partial charge in [-0.1, -0.05) is 27.5 Å². The molecule has 0 saturated carbocycles. The van der Waals surface area contributed by atoms with E-state index in [1.807, 2.05) is 25.1 Å². The highest BCUT2D eigenvalue weighted by molar-refractivity contribution is 9.10. The number of nitrogens with zero attached hydrogens (tertiary/aromatic N) is 1. The second-order valence-electron chi connectivity index (χ2n) is 3.45. The van der Waals surface area contributed by atoms with Gasteiger partial charge >= 0.3 is 0 Å². The molecule has 0 fully saturated rings. The number of ether oxygens (including phenoxy) is 1. The van der Waals surface area contributed by atoms with Crippen LogP contribution in [0, 0.1) is 6.92 Å². The lowest BCUT2D eigenvalue weighted by Gasteiger charge is -2.09. The van der Waals surface area contributed by atoms with Gasteiger partial charge < -0.3 is 4.74 Å². The van der Waals surface area contributed by atoms with Crippen LogP contribution in [0.5, 0.6) is 11.6 Å². The first-order valence-corrected chi connectivity index (χ1v) is 6.78. The molecule has 0 aliphatic carbocycles. The van der Waals surface area contributed by atoms with Crippen molar-refractivity contribution in [1.29, 1.82) is 0 Å². The number of pyridine rings is 1. The fourth-order valence-electron chi connectivity index (χ4n) is 1.31. The third-order valence-electron chi connectivity index (χ3n) is 2.12. The Morgan fingerprint density at radius 1 is 1.18 bits per heavy atom. The van der Waals surface area contributed by atoms with Crippen LogP contribution in [0.2, 0.25) is 5.02 Å². The zero-order chi connectivity index (χ0) is 12.4. The SMILES string of the molecule is Cc1cc(Br)ccc1Oc1ncc(Br)cc1Cl. The lowest BCUT2D eigenvalue weighted by Crippen LogP contribution is -1.91. The van der Waals surface area contributed by atoms with Crippen molar-refractivity contribution in [1.82, 2.24) is 4.98 Å². The number of aromatic nitrogens is 1. The van der Waals surface area contributed by atoms with Crippen molar-refractivity contribution in [2.75, 3.05) is 0 Å². The largest absolute Gasteiger partial charge is 0.437 e. The van der Waals surface area contributed by atoms with E-state index in [9.17, 15) is 0 Å². The van der Waals surface area contributed by atoms with E-state index in [1.54, 1.807) is 12.3 Å². The summed E-state index contributed by atoms with van der Waals surface area (Å²) >= 11 is 12.7. The van der Waals surface area contributed by atoms with Crippen molar-refractivity contribution in [3.63, 3.8) is 0 Å². The van der Waals surface area contributed by atoms with Crippen LogP contribution in [0.15, 0.2) is 39.4 Å². The summed E-state index contributed by atoms with van der Waals surface area (Å²) in [6, 6.07) is 7.51. The molecule has 17 heavy (non-hydrogen) atoms. The molecule has 0 aliphatic rings. The first kappa shape index (κ1) is 12.9. The van der Waals surface area contributed by atoms with Gasteiger partial charge in [-0.2, -0.15) is 0 Å². The van der Waals surface area contributed by atoms with Crippen molar-refractivity contribution in [2.24, 2.45) is 0 Å². The summed E-state index contributed by atoms with van der Waals surface area (Å²) in [7, 11) is 0. The second kappa shape index (κ2) is 5.38. The fraction of sp³-hybridized carbons (Fsp3) is 0.0833. The minimum Gasteiger partial charge on any atom is -0.437 e. The second-order valence-corrected chi connectivity index (χ2v) is 5.69. The molecule has 1 aromatic heterocycles. The molecule has 0 atom stereocenters. The molecule has 0 amide bonds. The summed E-state index contributed by atoms with van der Waals surface area (Å²) in [5, 5.41) is 0.474. The third kappa shape index (κ3) is 3.21. The maximum absolute atomic E-state index is 6.04. The lowest BCUT2D eigenvalue weighted by atomic mass is 10.2. The van der Waals surface area contributed by atoms with E-state index in [-0.39, 0.29) is 0 Å². The average Bonchev–Trinajstić information content (AvgIpc) is 2.25. The molecule has 0 radical (unpaired) electrons. The number of hydrogen-bond donors (Lipinski definition) is 0. The average molecular weight is 377 g/mol. The Balaban J connectivity index is 2.31. The number of rotatable bonds is 2. The molecule has 0 saturated heterocycles. The highest BCUT2D eigenvalue weighted by atomic mass is 79.9. The quantitative estimate of drug-likeness (QED) is 0.703. The van der Waals surface area contributed by atoms with Crippen molar-refractivity contribution >= 4 is 43.5 Å². The van der Waals surface area contributed by atoms with Crippen LogP contribution in [0.25, 0.3) is 0 Å². The van der Waals surface area contributed by atoms with E-state index in [0.29, 0.717) is 10.9 Å². The smallest absolute Gasteiger partial charge is 0.238 e. The van der Waals surface area contributed by atoms with Gasteiger partial charge in [-0.15, -0.1) is 0 Å². The lowest BCUT2D eigenvalue weighted by molar-refractivity contribution is 0.459. The monoisotopic (exact) mass is 375 g/mol. The van der Waals surface area contributed by atoms with Gasteiger partial charge in [0.05, 0.1) is 0 Å². The Morgan fingerprint density at radius 2 is 1.94 bits per heavy atom. The molecule has 0 bridgehead atoms. The highest BCUT2D eigenvalue weighted by Crippen LogP contribution is 2.31.